The number of halogens is 2. The van der Waals surface area contributed by atoms with Gasteiger partial charge < -0.3 is 4.57 Å². The first kappa shape index (κ1) is 14.9. The smallest absolute Gasteiger partial charge is 0.174 e. The molecule has 2 heterocycles. The summed E-state index contributed by atoms with van der Waals surface area (Å²) >= 11 is 3.16. The molecule has 1 aromatic heterocycles. The van der Waals surface area contributed by atoms with E-state index in [0.717, 1.165) is 37.2 Å². The standard InChI is InChI=1S/C16H14BrFN4/c17-13-9-11(5-6-14(13)18)8-12(10-19)16-21-20-15-4-2-1-3-7-22(15)16/h5-6,8-9H,1-4,7H2/b12-8+. The molecule has 0 amide bonds. The molecule has 1 aliphatic rings. The number of nitrogens with zero attached hydrogens (tertiary/aromatic N) is 4. The van der Waals surface area contributed by atoms with Crippen LogP contribution in [0, 0.1) is 17.1 Å². The minimum Gasteiger partial charge on any atom is -0.310 e. The van der Waals surface area contributed by atoms with Crippen molar-refractivity contribution >= 4 is 27.6 Å². The fourth-order valence-corrected chi connectivity index (χ4v) is 3.00. The Balaban J connectivity index is 2.01. The number of benzene rings is 1. The molecule has 112 valence electrons. The normalized spacial score (nSPS) is 15.0. The molecule has 0 fully saturated rings. The van der Waals surface area contributed by atoms with E-state index in [4.69, 9.17) is 0 Å². The first-order valence-electron chi connectivity index (χ1n) is 7.18. The van der Waals surface area contributed by atoms with E-state index in [2.05, 4.69) is 32.2 Å². The summed E-state index contributed by atoms with van der Waals surface area (Å²) in [6, 6.07) is 6.84. The quantitative estimate of drug-likeness (QED) is 0.761. The van der Waals surface area contributed by atoms with Crippen LogP contribution in [0.15, 0.2) is 22.7 Å². The molecule has 2 aromatic rings. The molecule has 0 aliphatic carbocycles. The van der Waals surface area contributed by atoms with E-state index >= 15 is 0 Å². The van der Waals surface area contributed by atoms with Crippen LogP contribution in [0.5, 0.6) is 0 Å². The van der Waals surface area contributed by atoms with Crippen LogP contribution in [0.2, 0.25) is 0 Å². The lowest BCUT2D eigenvalue weighted by molar-refractivity contribution is 0.621. The number of rotatable bonds is 2. The maximum Gasteiger partial charge on any atom is 0.174 e. The van der Waals surface area contributed by atoms with Crippen molar-refractivity contribution in [1.29, 1.82) is 5.26 Å². The summed E-state index contributed by atoms with van der Waals surface area (Å²) in [6.07, 6.45) is 5.95. The molecule has 0 unspecified atom stereocenters. The second-order valence-electron chi connectivity index (χ2n) is 5.25. The lowest BCUT2D eigenvalue weighted by Crippen LogP contribution is -2.05. The van der Waals surface area contributed by atoms with Crippen molar-refractivity contribution in [2.24, 2.45) is 0 Å². The van der Waals surface area contributed by atoms with Gasteiger partial charge in [-0.2, -0.15) is 5.26 Å². The van der Waals surface area contributed by atoms with Gasteiger partial charge in [0.15, 0.2) is 5.82 Å². The number of aryl methyl sites for hydroxylation is 1. The number of aromatic nitrogens is 3. The molecule has 0 spiro atoms. The Morgan fingerprint density at radius 3 is 2.95 bits per heavy atom. The van der Waals surface area contributed by atoms with Crippen molar-refractivity contribution in [2.45, 2.75) is 32.2 Å². The van der Waals surface area contributed by atoms with E-state index < -0.39 is 0 Å². The molecule has 22 heavy (non-hydrogen) atoms. The minimum absolute atomic E-state index is 0.327. The van der Waals surface area contributed by atoms with Gasteiger partial charge in [-0.25, -0.2) is 4.39 Å². The van der Waals surface area contributed by atoms with Gasteiger partial charge in [0, 0.05) is 13.0 Å². The van der Waals surface area contributed by atoms with E-state index in [-0.39, 0.29) is 5.82 Å². The topological polar surface area (TPSA) is 54.5 Å². The third-order valence-corrected chi connectivity index (χ3v) is 4.33. The average Bonchev–Trinajstić information content (AvgIpc) is 2.77. The number of hydrogen-bond acceptors (Lipinski definition) is 3. The number of nitriles is 1. The van der Waals surface area contributed by atoms with Crippen molar-refractivity contribution in [3.8, 4) is 6.07 Å². The summed E-state index contributed by atoms with van der Waals surface area (Å²) in [5, 5.41) is 17.9. The van der Waals surface area contributed by atoms with E-state index in [1.54, 1.807) is 18.2 Å². The van der Waals surface area contributed by atoms with Gasteiger partial charge >= 0.3 is 0 Å². The summed E-state index contributed by atoms with van der Waals surface area (Å²) in [7, 11) is 0. The van der Waals surface area contributed by atoms with Gasteiger partial charge in [0.05, 0.1) is 10.0 Å². The average molecular weight is 361 g/mol. The molecule has 0 atom stereocenters. The zero-order valence-corrected chi connectivity index (χ0v) is 13.5. The summed E-state index contributed by atoms with van der Waals surface area (Å²) in [4.78, 5) is 0. The second kappa shape index (κ2) is 6.41. The van der Waals surface area contributed by atoms with Gasteiger partial charge in [0.1, 0.15) is 17.7 Å². The van der Waals surface area contributed by atoms with Gasteiger partial charge in [-0.15, -0.1) is 10.2 Å². The highest BCUT2D eigenvalue weighted by molar-refractivity contribution is 9.10. The van der Waals surface area contributed by atoms with Gasteiger partial charge in [-0.05, 0) is 52.5 Å². The molecule has 1 aromatic carbocycles. The molecular formula is C16H14BrFN4. The maximum atomic E-state index is 13.3. The van der Waals surface area contributed by atoms with Crippen LogP contribution in [-0.2, 0) is 13.0 Å². The highest BCUT2D eigenvalue weighted by Crippen LogP contribution is 2.23. The van der Waals surface area contributed by atoms with Crippen LogP contribution in [0.3, 0.4) is 0 Å². The van der Waals surface area contributed by atoms with Gasteiger partial charge in [0.2, 0.25) is 0 Å². The van der Waals surface area contributed by atoms with Crippen LogP contribution in [0.25, 0.3) is 11.6 Å². The lowest BCUT2D eigenvalue weighted by atomic mass is 10.1. The number of allylic oxidation sites excluding steroid dienone is 1. The van der Waals surface area contributed by atoms with Crippen molar-refractivity contribution < 1.29 is 4.39 Å². The van der Waals surface area contributed by atoms with Crippen LogP contribution in [-0.4, -0.2) is 14.8 Å². The highest BCUT2D eigenvalue weighted by atomic mass is 79.9. The molecule has 6 heteroatoms. The highest BCUT2D eigenvalue weighted by Gasteiger charge is 2.17. The predicted molar refractivity (Wildman–Crippen MR) is 85.2 cm³/mol. The lowest BCUT2D eigenvalue weighted by Gasteiger charge is -2.06. The SMILES string of the molecule is N#C/C(=C\c1ccc(F)c(Br)c1)c1nnc2n1CCCCC2. The fourth-order valence-electron chi connectivity index (χ4n) is 2.60. The first-order chi connectivity index (χ1) is 10.7. The van der Waals surface area contributed by atoms with E-state index in [0.29, 0.717) is 15.9 Å². The Morgan fingerprint density at radius 2 is 2.18 bits per heavy atom. The maximum absolute atomic E-state index is 13.3. The first-order valence-corrected chi connectivity index (χ1v) is 7.97. The predicted octanol–water partition coefficient (Wildman–Crippen LogP) is 3.97. The Labute approximate surface area is 136 Å². The Kier molecular flexibility index (Phi) is 4.34. The van der Waals surface area contributed by atoms with Crippen LogP contribution in [0.4, 0.5) is 4.39 Å². The summed E-state index contributed by atoms with van der Waals surface area (Å²) < 4.78 is 15.7. The Bertz CT molecular complexity index is 773. The monoisotopic (exact) mass is 360 g/mol. The molecule has 3 rings (SSSR count). The minimum atomic E-state index is -0.327. The Hall–Kier alpha value is -2.00. The molecule has 0 N–H and O–H groups in total. The van der Waals surface area contributed by atoms with Crippen molar-refractivity contribution in [3.05, 3.63) is 45.7 Å². The van der Waals surface area contributed by atoms with Crippen LogP contribution in [0.1, 0.15) is 36.5 Å². The van der Waals surface area contributed by atoms with Crippen LogP contribution >= 0.6 is 15.9 Å². The van der Waals surface area contributed by atoms with Crippen LogP contribution < -0.4 is 0 Å². The number of fused-ring (bicyclic) bond motifs is 1. The number of hydrogen-bond donors (Lipinski definition) is 0. The zero-order chi connectivity index (χ0) is 15.5. The summed E-state index contributed by atoms with van der Waals surface area (Å²) in [5.74, 6) is 1.21. The second-order valence-corrected chi connectivity index (χ2v) is 6.10. The zero-order valence-electron chi connectivity index (χ0n) is 11.9. The molecule has 1 aliphatic heterocycles. The summed E-state index contributed by atoms with van der Waals surface area (Å²) in [6.45, 7) is 0.837. The van der Waals surface area contributed by atoms with Crippen molar-refractivity contribution in [1.82, 2.24) is 14.8 Å². The molecule has 0 radical (unpaired) electrons. The fraction of sp³-hybridized carbons (Fsp3) is 0.312. The third-order valence-electron chi connectivity index (χ3n) is 3.73. The van der Waals surface area contributed by atoms with Crippen molar-refractivity contribution in [2.75, 3.05) is 0 Å². The molecule has 4 nitrogen and oxygen atoms in total. The molecule has 0 bridgehead atoms. The third kappa shape index (κ3) is 2.95. The van der Waals surface area contributed by atoms with E-state index in [1.807, 2.05) is 4.57 Å². The largest absolute Gasteiger partial charge is 0.310 e. The summed E-state index contributed by atoms with van der Waals surface area (Å²) in [5.41, 5.74) is 1.19. The van der Waals surface area contributed by atoms with Gasteiger partial charge in [0.25, 0.3) is 0 Å². The molecule has 0 saturated carbocycles. The van der Waals surface area contributed by atoms with E-state index in [9.17, 15) is 9.65 Å². The Morgan fingerprint density at radius 1 is 1.32 bits per heavy atom. The van der Waals surface area contributed by atoms with Gasteiger partial charge in [-0.1, -0.05) is 12.5 Å². The molecular weight excluding hydrogens is 347 g/mol. The molecule has 0 saturated heterocycles. The van der Waals surface area contributed by atoms with Gasteiger partial charge in [-0.3, -0.25) is 0 Å². The van der Waals surface area contributed by atoms with Crippen molar-refractivity contribution in [3.63, 3.8) is 0 Å². The van der Waals surface area contributed by atoms with E-state index in [1.165, 1.54) is 12.5 Å².